The van der Waals surface area contributed by atoms with Crippen LogP contribution in [0, 0.1) is 6.92 Å². The topological polar surface area (TPSA) is 61.4 Å². The number of nitrogens with one attached hydrogen (secondary N) is 1. The first-order chi connectivity index (χ1) is 11.2. The van der Waals surface area contributed by atoms with Gasteiger partial charge in [0.05, 0.1) is 6.20 Å². The SMILES string of the molecule is Cc1ccc(OCC(O)CN2CCC(c3cn[nH]c3)CC2)cc1. The molecule has 1 unspecified atom stereocenters. The second-order valence-electron chi connectivity index (χ2n) is 6.38. The van der Waals surface area contributed by atoms with Gasteiger partial charge in [-0.2, -0.15) is 5.10 Å². The Hall–Kier alpha value is -1.85. The summed E-state index contributed by atoms with van der Waals surface area (Å²) in [6.45, 7) is 5.08. The van der Waals surface area contributed by atoms with Crippen LogP contribution in [0.2, 0.25) is 0 Å². The van der Waals surface area contributed by atoms with Crippen molar-refractivity contribution in [2.24, 2.45) is 0 Å². The van der Waals surface area contributed by atoms with Gasteiger partial charge in [0, 0.05) is 12.7 Å². The van der Waals surface area contributed by atoms with Crippen molar-refractivity contribution in [3.63, 3.8) is 0 Å². The minimum absolute atomic E-state index is 0.338. The highest BCUT2D eigenvalue weighted by Gasteiger charge is 2.22. The summed E-state index contributed by atoms with van der Waals surface area (Å²) in [7, 11) is 0. The molecule has 5 heteroatoms. The molecule has 0 spiro atoms. The monoisotopic (exact) mass is 315 g/mol. The van der Waals surface area contributed by atoms with Crippen molar-refractivity contribution in [3.8, 4) is 5.75 Å². The number of aromatic amines is 1. The summed E-state index contributed by atoms with van der Waals surface area (Å²) in [6.07, 6.45) is 5.69. The summed E-state index contributed by atoms with van der Waals surface area (Å²) >= 11 is 0. The Kier molecular flexibility index (Phi) is 5.31. The van der Waals surface area contributed by atoms with Gasteiger partial charge >= 0.3 is 0 Å². The molecule has 1 atom stereocenters. The van der Waals surface area contributed by atoms with Gasteiger partial charge in [0.2, 0.25) is 0 Å². The van der Waals surface area contributed by atoms with Crippen LogP contribution in [-0.2, 0) is 0 Å². The molecule has 5 nitrogen and oxygen atoms in total. The quantitative estimate of drug-likeness (QED) is 0.859. The number of aliphatic hydroxyl groups excluding tert-OH is 1. The first-order valence-corrected chi connectivity index (χ1v) is 8.29. The largest absolute Gasteiger partial charge is 0.491 e. The lowest BCUT2D eigenvalue weighted by Gasteiger charge is -2.32. The van der Waals surface area contributed by atoms with Crippen molar-refractivity contribution >= 4 is 0 Å². The number of piperidine rings is 1. The maximum absolute atomic E-state index is 10.2. The molecule has 1 aromatic heterocycles. The molecule has 1 aliphatic rings. The first kappa shape index (κ1) is 16.0. The first-order valence-electron chi connectivity index (χ1n) is 8.29. The van der Waals surface area contributed by atoms with E-state index in [1.165, 1.54) is 11.1 Å². The summed E-state index contributed by atoms with van der Waals surface area (Å²) in [4.78, 5) is 2.32. The number of hydrogen-bond acceptors (Lipinski definition) is 4. The fourth-order valence-electron chi connectivity index (χ4n) is 3.11. The Labute approximate surface area is 137 Å². The van der Waals surface area contributed by atoms with Gasteiger partial charge in [0.1, 0.15) is 18.5 Å². The third-order valence-corrected chi connectivity index (χ3v) is 4.51. The highest BCUT2D eigenvalue weighted by molar-refractivity contribution is 5.26. The lowest BCUT2D eigenvalue weighted by atomic mass is 9.91. The summed E-state index contributed by atoms with van der Waals surface area (Å²) in [6, 6.07) is 7.92. The normalized spacial score (nSPS) is 18.0. The van der Waals surface area contributed by atoms with Crippen molar-refractivity contribution in [1.82, 2.24) is 15.1 Å². The average Bonchev–Trinajstić information content (AvgIpc) is 3.09. The van der Waals surface area contributed by atoms with E-state index in [4.69, 9.17) is 4.74 Å². The highest BCUT2D eigenvalue weighted by Crippen LogP contribution is 2.27. The number of β-amino-alcohol motifs (C(OH)–C–C–N with tert-alkyl or cyclic N) is 1. The van der Waals surface area contributed by atoms with Crippen LogP contribution in [0.3, 0.4) is 0 Å². The molecule has 0 radical (unpaired) electrons. The maximum atomic E-state index is 10.2. The zero-order valence-corrected chi connectivity index (χ0v) is 13.6. The Bertz CT molecular complexity index is 575. The number of aryl methyl sites for hydroxylation is 1. The molecule has 2 N–H and O–H groups in total. The molecule has 2 heterocycles. The molecular weight excluding hydrogens is 290 g/mol. The van der Waals surface area contributed by atoms with Gasteiger partial charge in [-0.25, -0.2) is 0 Å². The summed E-state index contributed by atoms with van der Waals surface area (Å²) in [5.74, 6) is 1.40. The number of H-pyrrole nitrogens is 1. The van der Waals surface area contributed by atoms with Gasteiger partial charge in [-0.3, -0.25) is 5.10 Å². The van der Waals surface area contributed by atoms with Gasteiger partial charge in [-0.05, 0) is 56.5 Å². The Balaban J connectivity index is 1.39. The number of benzene rings is 1. The van der Waals surface area contributed by atoms with E-state index in [0.29, 0.717) is 19.1 Å². The average molecular weight is 315 g/mol. The fourth-order valence-corrected chi connectivity index (χ4v) is 3.11. The van der Waals surface area contributed by atoms with Crippen LogP contribution in [0.5, 0.6) is 5.75 Å². The van der Waals surface area contributed by atoms with E-state index < -0.39 is 6.10 Å². The second-order valence-corrected chi connectivity index (χ2v) is 6.38. The number of nitrogens with zero attached hydrogens (tertiary/aromatic N) is 2. The standard InChI is InChI=1S/C18H25N3O2/c1-14-2-4-18(5-3-14)23-13-17(22)12-21-8-6-15(7-9-21)16-10-19-20-11-16/h2-5,10-11,15,17,22H,6-9,12-13H2,1H3,(H,19,20). The van der Waals surface area contributed by atoms with Crippen LogP contribution >= 0.6 is 0 Å². The predicted molar refractivity (Wildman–Crippen MR) is 89.7 cm³/mol. The van der Waals surface area contributed by atoms with Crippen LogP contribution in [-0.4, -0.2) is 52.5 Å². The minimum Gasteiger partial charge on any atom is -0.491 e. The van der Waals surface area contributed by atoms with E-state index in [9.17, 15) is 5.11 Å². The smallest absolute Gasteiger partial charge is 0.119 e. The molecule has 0 amide bonds. The van der Waals surface area contributed by atoms with Crippen molar-refractivity contribution in [2.45, 2.75) is 31.8 Å². The number of ether oxygens (including phenoxy) is 1. The second kappa shape index (κ2) is 7.62. The van der Waals surface area contributed by atoms with Gasteiger partial charge in [0.15, 0.2) is 0 Å². The zero-order valence-electron chi connectivity index (χ0n) is 13.6. The molecule has 124 valence electrons. The predicted octanol–water partition coefficient (Wildman–Crippen LogP) is 2.34. The fraction of sp³-hybridized carbons (Fsp3) is 0.500. The number of hydrogen-bond donors (Lipinski definition) is 2. The summed E-state index contributed by atoms with van der Waals surface area (Å²) in [5.41, 5.74) is 2.51. The Morgan fingerprint density at radius 2 is 2.04 bits per heavy atom. The van der Waals surface area contributed by atoms with Crippen LogP contribution in [0.4, 0.5) is 0 Å². The Morgan fingerprint density at radius 1 is 1.30 bits per heavy atom. The zero-order chi connectivity index (χ0) is 16.1. The minimum atomic E-state index is -0.457. The van der Waals surface area contributed by atoms with Gasteiger partial charge in [-0.1, -0.05) is 17.7 Å². The van der Waals surface area contributed by atoms with E-state index >= 15 is 0 Å². The van der Waals surface area contributed by atoms with Crippen molar-refractivity contribution in [2.75, 3.05) is 26.2 Å². The molecule has 2 aromatic rings. The number of rotatable bonds is 6. The maximum Gasteiger partial charge on any atom is 0.119 e. The highest BCUT2D eigenvalue weighted by atomic mass is 16.5. The van der Waals surface area contributed by atoms with Crippen molar-refractivity contribution in [3.05, 3.63) is 47.8 Å². The third kappa shape index (κ3) is 4.56. The molecule has 0 aliphatic carbocycles. The molecule has 0 bridgehead atoms. The molecule has 1 saturated heterocycles. The van der Waals surface area contributed by atoms with E-state index in [-0.39, 0.29) is 0 Å². The molecular formula is C18H25N3O2. The molecule has 1 aromatic carbocycles. The number of likely N-dealkylation sites (tertiary alicyclic amines) is 1. The lowest BCUT2D eigenvalue weighted by Crippen LogP contribution is -2.40. The molecule has 1 fully saturated rings. The van der Waals surface area contributed by atoms with Crippen molar-refractivity contribution < 1.29 is 9.84 Å². The van der Waals surface area contributed by atoms with Gasteiger partial charge in [-0.15, -0.1) is 0 Å². The van der Waals surface area contributed by atoms with Crippen LogP contribution < -0.4 is 4.74 Å². The van der Waals surface area contributed by atoms with Crippen molar-refractivity contribution in [1.29, 1.82) is 0 Å². The van der Waals surface area contributed by atoms with E-state index in [0.717, 1.165) is 31.7 Å². The number of aliphatic hydroxyl groups is 1. The van der Waals surface area contributed by atoms with Crippen LogP contribution in [0.15, 0.2) is 36.7 Å². The van der Waals surface area contributed by atoms with E-state index in [1.807, 2.05) is 43.6 Å². The summed E-state index contributed by atoms with van der Waals surface area (Å²) < 4.78 is 5.66. The third-order valence-electron chi connectivity index (χ3n) is 4.51. The molecule has 1 aliphatic heterocycles. The summed E-state index contributed by atoms with van der Waals surface area (Å²) in [5, 5.41) is 17.1. The van der Waals surface area contributed by atoms with Crippen LogP contribution in [0.1, 0.15) is 29.9 Å². The lowest BCUT2D eigenvalue weighted by molar-refractivity contribution is 0.0594. The number of aromatic nitrogens is 2. The van der Waals surface area contributed by atoms with E-state index in [1.54, 1.807) is 0 Å². The Morgan fingerprint density at radius 3 is 2.70 bits per heavy atom. The molecule has 23 heavy (non-hydrogen) atoms. The van der Waals surface area contributed by atoms with E-state index in [2.05, 4.69) is 15.1 Å². The van der Waals surface area contributed by atoms with Gasteiger partial charge in [0.25, 0.3) is 0 Å². The molecule has 0 saturated carbocycles. The molecule has 3 rings (SSSR count). The van der Waals surface area contributed by atoms with Crippen LogP contribution in [0.25, 0.3) is 0 Å². The van der Waals surface area contributed by atoms with Gasteiger partial charge < -0.3 is 14.7 Å².